The van der Waals surface area contributed by atoms with E-state index in [0.717, 1.165) is 19.3 Å². The van der Waals surface area contributed by atoms with E-state index in [1.165, 1.54) is 24.3 Å². The van der Waals surface area contributed by atoms with Gasteiger partial charge in [0.25, 0.3) is 0 Å². The first-order valence-electron chi connectivity index (χ1n) is 6.15. The van der Waals surface area contributed by atoms with E-state index in [-0.39, 0.29) is 15.9 Å². The third-order valence-electron chi connectivity index (χ3n) is 3.64. The molecule has 0 spiro atoms. The van der Waals surface area contributed by atoms with Crippen molar-refractivity contribution in [1.29, 1.82) is 0 Å². The summed E-state index contributed by atoms with van der Waals surface area (Å²) >= 11 is 0. The molecule has 1 aliphatic rings. The maximum absolute atomic E-state index is 12.1. The number of carboxylic acids is 1. The topological polar surface area (TPSA) is 83.5 Å². The number of carboxylic acid groups (broad SMARTS) is 1. The minimum Gasteiger partial charge on any atom is -0.478 e. The van der Waals surface area contributed by atoms with Crippen LogP contribution in [-0.2, 0) is 10.0 Å². The lowest BCUT2D eigenvalue weighted by Gasteiger charge is -2.38. The Bertz CT molecular complexity index is 590. The van der Waals surface area contributed by atoms with Crippen molar-refractivity contribution in [3.05, 3.63) is 29.8 Å². The number of carbonyl (C=O) groups is 1. The Morgan fingerprint density at radius 2 is 2.11 bits per heavy atom. The molecule has 1 aromatic rings. The van der Waals surface area contributed by atoms with Crippen LogP contribution in [0.4, 0.5) is 0 Å². The summed E-state index contributed by atoms with van der Waals surface area (Å²) in [5, 5.41) is 8.87. The fourth-order valence-corrected chi connectivity index (χ4v) is 3.35. The van der Waals surface area contributed by atoms with E-state index in [0.29, 0.717) is 6.54 Å². The van der Waals surface area contributed by atoms with Gasteiger partial charge in [-0.25, -0.2) is 17.9 Å². The van der Waals surface area contributed by atoms with E-state index in [1.807, 2.05) is 6.92 Å². The van der Waals surface area contributed by atoms with Gasteiger partial charge in [0.1, 0.15) is 0 Å². The van der Waals surface area contributed by atoms with Gasteiger partial charge in [-0.2, -0.15) is 0 Å². The highest BCUT2D eigenvalue weighted by molar-refractivity contribution is 7.89. The van der Waals surface area contributed by atoms with Crippen LogP contribution in [0.25, 0.3) is 0 Å². The number of nitrogens with one attached hydrogen (secondary N) is 1. The van der Waals surface area contributed by atoms with Crippen molar-refractivity contribution in [1.82, 2.24) is 4.72 Å². The summed E-state index contributed by atoms with van der Waals surface area (Å²) < 4.78 is 26.7. The molecule has 1 aromatic carbocycles. The molecule has 2 N–H and O–H groups in total. The van der Waals surface area contributed by atoms with Crippen LogP contribution >= 0.6 is 0 Å². The van der Waals surface area contributed by atoms with Gasteiger partial charge in [-0.3, -0.25) is 0 Å². The second kappa shape index (κ2) is 4.94. The van der Waals surface area contributed by atoms with Gasteiger partial charge in [-0.1, -0.05) is 19.4 Å². The molecule has 104 valence electrons. The number of hydrogen-bond donors (Lipinski definition) is 2. The van der Waals surface area contributed by atoms with Gasteiger partial charge >= 0.3 is 5.97 Å². The highest BCUT2D eigenvalue weighted by Gasteiger charge is 2.33. The molecule has 19 heavy (non-hydrogen) atoms. The highest BCUT2D eigenvalue weighted by atomic mass is 32.2. The Labute approximate surface area is 112 Å². The van der Waals surface area contributed by atoms with Gasteiger partial charge in [0.15, 0.2) is 0 Å². The van der Waals surface area contributed by atoms with Crippen molar-refractivity contribution < 1.29 is 18.3 Å². The minimum absolute atomic E-state index is 0.00433. The van der Waals surface area contributed by atoms with Crippen molar-refractivity contribution in [2.45, 2.75) is 31.1 Å². The summed E-state index contributed by atoms with van der Waals surface area (Å²) in [4.78, 5) is 10.8. The SMILES string of the molecule is CC1(CNS(=O)(=O)c2cccc(C(=O)O)c2)CCC1. The molecule has 0 aliphatic heterocycles. The number of benzene rings is 1. The van der Waals surface area contributed by atoms with E-state index >= 15 is 0 Å². The monoisotopic (exact) mass is 283 g/mol. The summed E-state index contributed by atoms with van der Waals surface area (Å²) in [6.45, 7) is 2.44. The molecule has 6 heteroatoms. The molecule has 1 saturated carbocycles. The first kappa shape index (κ1) is 14.0. The molecule has 2 rings (SSSR count). The van der Waals surface area contributed by atoms with Gasteiger partial charge in [0, 0.05) is 6.54 Å². The molecule has 1 aliphatic carbocycles. The molecular weight excluding hydrogens is 266 g/mol. The van der Waals surface area contributed by atoms with Crippen LogP contribution < -0.4 is 4.72 Å². The Hall–Kier alpha value is -1.40. The fraction of sp³-hybridized carbons (Fsp3) is 0.462. The van der Waals surface area contributed by atoms with Gasteiger partial charge in [-0.15, -0.1) is 0 Å². The molecule has 0 atom stereocenters. The molecule has 0 saturated heterocycles. The number of hydrogen-bond acceptors (Lipinski definition) is 3. The fourth-order valence-electron chi connectivity index (χ4n) is 2.11. The molecular formula is C13H17NO4S. The van der Waals surface area contributed by atoms with Crippen LogP contribution in [0.1, 0.15) is 36.5 Å². The summed E-state index contributed by atoms with van der Waals surface area (Å²) in [5.74, 6) is -1.14. The molecule has 0 radical (unpaired) electrons. The standard InChI is InChI=1S/C13H17NO4S/c1-13(6-3-7-13)9-14-19(17,18)11-5-2-4-10(8-11)12(15)16/h2,4-5,8,14H,3,6-7,9H2,1H3,(H,15,16). The normalized spacial score (nSPS) is 17.7. The van der Waals surface area contributed by atoms with Crippen LogP contribution in [-0.4, -0.2) is 26.0 Å². The highest BCUT2D eigenvalue weighted by Crippen LogP contribution is 2.39. The molecule has 1 fully saturated rings. The van der Waals surface area contributed by atoms with Crippen LogP contribution in [0.2, 0.25) is 0 Å². The van der Waals surface area contributed by atoms with E-state index < -0.39 is 16.0 Å². The first-order valence-corrected chi connectivity index (χ1v) is 7.64. The lowest BCUT2D eigenvalue weighted by Crippen LogP contribution is -2.39. The second-order valence-corrected chi connectivity index (χ2v) is 7.09. The third kappa shape index (κ3) is 3.13. The predicted octanol–water partition coefficient (Wildman–Crippen LogP) is 1.85. The summed E-state index contributed by atoms with van der Waals surface area (Å²) in [7, 11) is -3.64. The van der Waals surface area contributed by atoms with E-state index in [2.05, 4.69) is 4.72 Å². The minimum atomic E-state index is -3.64. The van der Waals surface area contributed by atoms with E-state index in [9.17, 15) is 13.2 Å². The van der Waals surface area contributed by atoms with Crippen LogP contribution in [0.3, 0.4) is 0 Å². The number of aromatic carboxylic acids is 1. The summed E-state index contributed by atoms with van der Waals surface area (Å²) in [6.07, 6.45) is 3.17. The average Bonchev–Trinajstić information content (AvgIpc) is 2.34. The largest absolute Gasteiger partial charge is 0.478 e. The smallest absolute Gasteiger partial charge is 0.335 e. The summed E-state index contributed by atoms with van der Waals surface area (Å²) in [5.41, 5.74) is 0.00929. The van der Waals surface area contributed by atoms with Gasteiger partial charge < -0.3 is 5.11 Å². The van der Waals surface area contributed by atoms with Gasteiger partial charge in [-0.05, 0) is 36.5 Å². The van der Waals surface area contributed by atoms with Crippen molar-refractivity contribution in [3.63, 3.8) is 0 Å². The molecule has 0 heterocycles. The Morgan fingerprint density at radius 1 is 1.42 bits per heavy atom. The van der Waals surface area contributed by atoms with Crippen molar-refractivity contribution in [2.75, 3.05) is 6.54 Å². The van der Waals surface area contributed by atoms with E-state index in [4.69, 9.17) is 5.11 Å². The van der Waals surface area contributed by atoms with Crippen LogP contribution in [0.15, 0.2) is 29.2 Å². The molecule has 0 bridgehead atoms. The zero-order valence-electron chi connectivity index (χ0n) is 10.7. The van der Waals surface area contributed by atoms with Crippen molar-refractivity contribution >= 4 is 16.0 Å². The average molecular weight is 283 g/mol. The lowest BCUT2D eigenvalue weighted by atomic mass is 9.71. The molecule has 0 unspecified atom stereocenters. The maximum atomic E-state index is 12.1. The maximum Gasteiger partial charge on any atom is 0.335 e. The Morgan fingerprint density at radius 3 is 2.63 bits per heavy atom. The van der Waals surface area contributed by atoms with Crippen LogP contribution in [0.5, 0.6) is 0 Å². The predicted molar refractivity (Wildman–Crippen MR) is 70.5 cm³/mol. The van der Waals surface area contributed by atoms with Gasteiger partial charge in [0.05, 0.1) is 10.5 Å². The van der Waals surface area contributed by atoms with Gasteiger partial charge in [0.2, 0.25) is 10.0 Å². The Balaban J connectivity index is 2.14. The van der Waals surface area contributed by atoms with Crippen molar-refractivity contribution in [2.24, 2.45) is 5.41 Å². The molecule has 0 amide bonds. The summed E-state index contributed by atoms with van der Waals surface area (Å²) in [6, 6.07) is 5.38. The second-order valence-electron chi connectivity index (χ2n) is 5.32. The third-order valence-corrected chi connectivity index (χ3v) is 5.04. The first-order chi connectivity index (χ1) is 8.82. The van der Waals surface area contributed by atoms with Crippen molar-refractivity contribution in [3.8, 4) is 0 Å². The number of sulfonamides is 1. The number of rotatable bonds is 5. The van der Waals surface area contributed by atoms with E-state index in [1.54, 1.807) is 0 Å². The zero-order valence-corrected chi connectivity index (χ0v) is 11.5. The lowest BCUT2D eigenvalue weighted by molar-refractivity contribution is 0.0696. The zero-order chi connectivity index (χ0) is 14.1. The quantitative estimate of drug-likeness (QED) is 0.864. The van der Waals surface area contributed by atoms with Crippen LogP contribution in [0, 0.1) is 5.41 Å². The molecule has 0 aromatic heterocycles. The molecule has 5 nitrogen and oxygen atoms in total. The Kier molecular flexibility index (Phi) is 3.64.